The first-order valence-corrected chi connectivity index (χ1v) is 9.08. The van der Waals surface area contributed by atoms with Crippen LogP contribution in [0.3, 0.4) is 0 Å². The van der Waals surface area contributed by atoms with E-state index in [1.54, 1.807) is 25.1 Å². The van der Waals surface area contributed by atoms with Gasteiger partial charge in [0, 0.05) is 22.1 Å². The van der Waals surface area contributed by atoms with Gasteiger partial charge in [0.05, 0.1) is 17.1 Å². The molecule has 8 heteroatoms. The number of benzene rings is 1. The molecule has 0 aliphatic carbocycles. The molecule has 2 aromatic rings. The van der Waals surface area contributed by atoms with Gasteiger partial charge in [0.2, 0.25) is 10.0 Å². The molecule has 0 radical (unpaired) electrons. The van der Waals surface area contributed by atoms with Crippen LogP contribution in [-0.4, -0.2) is 24.9 Å². The highest BCUT2D eigenvalue weighted by Crippen LogP contribution is 2.30. The molecule has 0 bridgehead atoms. The highest BCUT2D eigenvalue weighted by molar-refractivity contribution is 9.11. The first kappa shape index (κ1) is 16.7. The van der Waals surface area contributed by atoms with Crippen LogP contribution in [0.15, 0.2) is 36.6 Å². The van der Waals surface area contributed by atoms with Crippen molar-refractivity contribution < 1.29 is 12.9 Å². The van der Waals surface area contributed by atoms with E-state index in [0.29, 0.717) is 15.9 Å². The minimum absolute atomic E-state index is 0.150. The van der Waals surface area contributed by atoms with Crippen LogP contribution >= 0.6 is 31.9 Å². The molecule has 0 fully saturated rings. The SMILES string of the molecule is Cc1cc(CN(C)S(=O)(=O)c2cc(Br)c(C)cc2Br)no1. The van der Waals surface area contributed by atoms with Gasteiger partial charge >= 0.3 is 0 Å². The van der Waals surface area contributed by atoms with Crippen molar-refractivity contribution in [2.45, 2.75) is 25.3 Å². The summed E-state index contributed by atoms with van der Waals surface area (Å²) in [5.41, 5.74) is 1.52. The van der Waals surface area contributed by atoms with E-state index in [4.69, 9.17) is 4.52 Å². The first-order valence-electron chi connectivity index (χ1n) is 6.06. The normalized spacial score (nSPS) is 12.1. The lowest BCUT2D eigenvalue weighted by Gasteiger charge is -2.17. The molecular formula is C13H14Br2N2O3S. The van der Waals surface area contributed by atoms with Gasteiger partial charge in [-0.1, -0.05) is 21.1 Å². The van der Waals surface area contributed by atoms with E-state index in [1.165, 1.54) is 11.4 Å². The van der Waals surface area contributed by atoms with Crippen LogP contribution < -0.4 is 0 Å². The van der Waals surface area contributed by atoms with Crippen molar-refractivity contribution in [2.24, 2.45) is 0 Å². The van der Waals surface area contributed by atoms with E-state index >= 15 is 0 Å². The van der Waals surface area contributed by atoms with Crippen LogP contribution in [0.2, 0.25) is 0 Å². The molecule has 1 heterocycles. The van der Waals surface area contributed by atoms with E-state index in [1.807, 2.05) is 6.92 Å². The van der Waals surface area contributed by atoms with Gasteiger partial charge in [-0.2, -0.15) is 4.31 Å². The summed E-state index contributed by atoms with van der Waals surface area (Å²) in [5, 5.41) is 3.81. The van der Waals surface area contributed by atoms with Crippen molar-refractivity contribution in [1.29, 1.82) is 0 Å². The quantitative estimate of drug-likeness (QED) is 0.732. The predicted octanol–water partition coefficient (Wildman–Crippen LogP) is 3.64. The average molecular weight is 438 g/mol. The third kappa shape index (κ3) is 3.56. The monoisotopic (exact) mass is 436 g/mol. The summed E-state index contributed by atoms with van der Waals surface area (Å²) in [4.78, 5) is 0.211. The Hall–Kier alpha value is -0.700. The Kier molecular flexibility index (Phi) is 4.92. The molecule has 0 spiro atoms. The number of hydrogen-bond donors (Lipinski definition) is 0. The van der Waals surface area contributed by atoms with Gasteiger partial charge in [0.25, 0.3) is 0 Å². The standard InChI is InChI=1S/C13H14Br2N2O3S/c1-8-4-12(15)13(6-11(8)14)21(18,19)17(3)7-10-5-9(2)20-16-10/h4-6H,7H2,1-3H3. The second kappa shape index (κ2) is 6.20. The second-order valence-electron chi connectivity index (χ2n) is 4.72. The Balaban J connectivity index is 2.35. The number of nitrogens with zero attached hydrogens (tertiary/aromatic N) is 2. The summed E-state index contributed by atoms with van der Waals surface area (Å²) in [6.45, 7) is 3.81. The zero-order valence-electron chi connectivity index (χ0n) is 11.7. The van der Waals surface area contributed by atoms with Gasteiger partial charge in [-0.15, -0.1) is 0 Å². The molecule has 21 heavy (non-hydrogen) atoms. The van der Waals surface area contributed by atoms with E-state index in [9.17, 15) is 8.42 Å². The highest BCUT2D eigenvalue weighted by atomic mass is 79.9. The van der Waals surface area contributed by atoms with Gasteiger partial charge < -0.3 is 4.52 Å². The third-order valence-corrected chi connectivity index (χ3v) is 6.58. The molecule has 1 aromatic heterocycles. The van der Waals surface area contributed by atoms with Crippen LogP contribution in [0.25, 0.3) is 0 Å². The number of aromatic nitrogens is 1. The summed E-state index contributed by atoms with van der Waals surface area (Å²) in [5.74, 6) is 0.648. The van der Waals surface area contributed by atoms with Crippen molar-refractivity contribution in [3.8, 4) is 0 Å². The Morgan fingerprint density at radius 2 is 1.86 bits per heavy atom. The maximum Gasteiger partial charge on any atom is 0.244 e. The molecule has 0 amide bonds. The fraction of sp³-hybridized carbons (Fsp3) is 0.308. The van der Waals surface area contributed by atoms with E-state index in [2.05, 4.69) is 37.0 Å². The molecule has 0 N–H and O–H groups in total. The van der Waals surface area contributed by atoms with Crippen molar-refractivity contribution in [3.63, 3.8) is 0 Å². The first-order chi connectivity index (χ1) is 9.71. The highest BCUT2D eigenvalue weighted by Gasteiger charge is 2.25. The Morgan fingerprint density at radius 1 is 1.19 bits per heavy atom. The minimum Gasteiger partial charge on any atom is -0.361 e. The van der Waals surface area contributed by atoms with Crippen molar-refractivity contribution in [2.75, 3.05) is 7.05 Å². The van der Waals surface area contributed by atoms with E-state index in [0.717, 1.165) is 10.0 Å². The second-order valence-corrected chi connectivity index (χ2v) is 8.44. The summed E-state index contributed by atoms with van der Waals surface area (Å²) < 4.78 is 32.8. The zero-order valence-corrected chi connectivity index (χ0v) is 15.7. The number of hydrogen-bond acceptors (Lipinski definition) is 4. The number of halogens is 2. The molecule has 0 aliphatic heterocycles. The molecule has 2 rings (SSSR count). The average Bonchev–Trinajstić information content (AvgIpc) is 2.79. The maximum atomic E-state index is 12.6. The third-order valence-electron chi connectivity index (χ3n) is 2.96. The van der Waals surface area contributed by atoms with Gasteiger partial charge in [-0.3, -0.25) is 0 Å². The van der Waals surface area contributed by atoms with E-state index in [-0.39, 0.29) is 11.4 Å². The van der Waals surface area contributed by atoms with Gasteiger partial charge in [0.1, 0.15) is 5.76 Å². The fourth-order valence-electron chi connectivity index (χ4n) is 1.80. The summed E-state index contributed by atoms with van der Waals surface area (Å²) in [6, 6.07) is 5.08. The molecule has 0 unspecified atom stereocenters. The van der Waals surface area contributed by atoms with Crippen LogP contribution in [0.4, 0.5) is 0 Å². The number of rotatable bonds is 4. The predicted molar refractivity (Wildman–Crippen MR) is 86.5 cm³/mol. The largest absolute Gasteiger partial charge is 0.361 e. The summed E-state index contributed by atoms with van der Waals surface area (Å²) >= 11 is 6.67. The number of sulfonamides is 1. The Morgan fingerprint density at radius 3 is 2.43 bits per heavy atom. The fourth-order valence-corrected chi connectivity index (χ4v) is 4.58. The van der Waals surface area contributed by atoms with Gasteiger partial charge in [-0.05, 0) is 47.5 Å². The van der Waals surface area contributed by atoms with Gasteiger partial charge in [-0.25, -0.2) is 8.42 Å². The van der Waals surface area contributed by atoms with Crippen LogP contribution in [0.5, 0.6) is 0 Å². The maximum absolute atomic E-state index is 12.6. The minimum atomic E-state index is -3.62. The molecule has 0 aliphatic rings. The smallest absolute Gasteiger partial charge is 0.244 e. The molecule has 0 saturated carbocycles. The molecule has 114 valence electrons. The van der Waals surface area contributed by atoms with Crippen LogP contribution in [0, 0.1) is 13.8 Å². The van der Waals surface area contributed by atoms with E-state index < -0.39 is 10.0 Å². The molecule has 0 atom stereocenters. The van der Waals surface area contributed by atoms with Crippen molar-refractivity contribution in [3.05, 3.63) is 44.2 Å². The molecular weight excluding hydrogens is 424 g/mol. The zero-order chi connectivity index (χ0) is 15.8. The van der Waals surface area contributed by atoms with Crippen molar-refractivity contribution in [1.82, 2.24) is 9.46 Å². The Bertz CT molecular complexity index is 772. The lowest BCUT2D eigenvalue weighted by atomic mass is 10.2. The van der Waals surface area contributed by atoms with Crippen molar-refractivity contribution >= 4 is 41.9 Å². The van der Waals surface area contributed by atoms with Crippen LogP contribution in [0.1, 0.15) is 17.0 Å². The Labute approximate surface area is 140 Å². The van der Waals surface area contributed by atoms with Gasteiger partial charge in [0.15, 0.2) is 0 Å². The topological polar surface area (TPSA) is 63.4 Å². The summed E-state index contributed by atoms with van der Waals surface area (Å²) in [6.07, 6.45) is 0. The molecule has 1 aromatic carbocycles. The molecule has 5 nitrogen and oxygen atoms in total. The summed E-state index contributed by atoms with van der Waals surface area (Å²) in [7, 11) is -2.11. The van der Waals surface area contributed by atoms with Crippen LogP contribution in [-0.2, 0) is 16.6 Å². The molecule has 0 saturated heterocycles. The lowest BCUT2D eigenvalue weighted by molar-refractivity contribution is 0.378. The number of aryl methyl sites for hydroxylation is 2. The lowest BCUT2D eigenvalue weighted by Crippen LogP contribution is -2.27.